The molecule has 1 fully saturated rings. The summed E-state index contributed by atoms with van der Waals surface area (Å²) in [4.78, 5) is 17.8. The first-order chi connectivity index (χ1) is 11.8. The van der Waals surface area contributed by atoms with Gasteiger partial charge in [0.05, 0.1) is 0 Å². The quantitative estimate of drug-likeness (QED) is 0.765. The maximum atomic E-state index is 12.4. The van der Waals surface area contributed by atoms with Gasteiger partial charge in [0.2, 0.25) is 5.91 Å². The minimum atomic E-state index is 0.321. The number of nitrogens with one attached hydrogen (secondary N) is 2. The lowest BCUT2D eigenvalue weighted by atomic mass is 9.99. The number of likely N-dealkylation sites (tertiary alicyclic amines) is 1. The molecule has 1 aliphatic heterocycles. The molecule has 1 atom stereocenters. The predicted octanol–water partition coefficient (Wildman–Crippen LogP) is 3.48. The molecule has 2 heterocycles. The molecule has 2 aromatic rings. The zero-order valence-corrected chi connectivity index (χ0v) is 14.7. The molecule has 1 aromatic heterocycles. The molecule has 1 aromatic carbocycles. The number of para-hydroxylation sites is 1. The van der Waals surface area contributed by atoms with E-state index in [0.717, 1.165) is 38.9 Å². The van der Waals surface area contributed by atoms with Crippen molar-refractivity contribution >= 4 is 16.8 Å². The van der Waals surface area contributed by atoms with E-state index in [1.165, 1.54) is 29.3 Å². The van der Waals surface area contributed by atoms with Crippen molar-refractivity contribution in [1.82, 2.24) is 15.2 Å². The fraction of sp³-hybridized carbons (Fsp3) is 0.550. The molecule has 0 radical (unpaired) electrons. The Kier molecular flexibility index (Phi) is 5.91. The third-order valence-corrected chi connectivity index (χ3v) is 5.18. The van der Waals surface area contributed by atoms with Crippen molar-refractivity contribution in [2.75, 3.05) is 19.6 Å². The summed E-state index contributed by atoms with van der Waals surface area (Å²) in [6.45, 7) is 4.82. The summed E-state index contributed by atoms with van der Waals surface area (Å²) < 4.78 is 0. The number of aromatic nitrogens is 1. The fourth-order valence-electron chi connectivity index (χ4n) is 3.78. The first-order valence-electron chi connectivity index (χ1n) is 9.34. The highest BCUT2D eigenvalue weighted by Crippen LogP contribution is 2.20. The molecule has 1 aliphatic rings. The number of amides is 1. The van der Waals surface area contributed by atoms with Crippen LogP contribution < -0.4 is 5.32 Å². The number of hydrogen-bond acceptors (Lipinski definition) is 2. The Balaban J connectivity index is 1.40. The van der Waals surface area contributed by atoms with Crippen molar-refractivity contribution in [1.29, 1.82) is 0 Å². The highest BCUT2D eigenvalue weighted by Gasteiger charge is 2.24. The normalized spacial score (nSPS) is 18.2. The van der Waals surface area contributed by atoms with E-state index in [1.54, 1.807) is 0 Å². The van der Waals surface area contributed by atoms with E-state index in [-0.39, 0.29) is 0 Å². The number of carbonyl (C=O) groups is 1. The maximum absolute atomic E-state index is 12.4. The monoisotopic (exact) mass is 327 g/mol. The molecule has 0 bridgehead atoms. The Labute approximate surface area is 144 Å². The van der Waals surface area contributed by atoms with Gasteiger partial charge in [-0.1, -0.05) is 25.1 Å². The van der Waals surface area contributed by atoms with Crippen molar-refractivity contribution in [2.24, 2.45) is 0 Å². The van der Waals surface area contributed by atoms with E-state index in [4.69, 9.17) is 0 Å². The maximum Gasteiger partial charge on any atom is 0.224 e. The van der Waals surface area contributed by atoms with Gasteiger partial charge in [-0.05, 0) is 50.3 Å². The molecule has 3 rings (SSSR count). The molecule has 1 saturated heterocycles. The zero-order valence-electron chi connectivity index (χ0n) is 14.7. The first kappa shape index (κ1) is 17.0. The number of hydrogen-bond donors (Lipinski definition) is 2. The molecule has 2 N–H and O–H groups in total. The van der Waals surface area contributed by atoms with Crippen LogP contribution in [0.2, 0.25) is 0 Å². The van der Waals surface area contributed by atoms with Gasteiger partial charge >= 0.3 is 0 Å². The summed E-state index contributed by atoms with van der Waals surface area (Å²) in [5.41, 5.74) is 2.53. The van der Waals surface area contributed by atoms with Gasteiger partial charge in [0, 0.05) is 42.7 Å². The molecular weight excluding hydrogens is 298 g/mol. The molecule has 4 nitrogen and oxygen atoms in total. The number of fused-ring (bicyclic) bond motifs is 1. The number of benzene rings is 1. The van der Waals surface area contributed by atoms with Crippen LogP contribution in [-0.4, -0.2) is 41.5 Å². The lowest BCUT2D eigenvalue weighted by Crippen LogP contribution is -2.44. The standard InChI is InChI=1S/C20H29N3O/c1-2-17-7-5-6-14-23(17)20(24)11-13-21-12-10-16-15-22-19-9-4-3-8-18(16)19/h3-4,8-9,15,17,21-22H,2,5-7,10-14H2,1H3. The van der Waals surface area contributed by atoms with Crippen LogP contribution in [-0.2, 0) is 11.2 Å². The molecule has 24 heavy (non-hydrogen) atoms. The predicted molar refractivity (Wildman–Crippen MR) is 99.1 cm³/mol. The average molecular weight is 327 g/mol. The second-order valence-electron chi connectivity index (χ2n) is 6.75. The van der Waals surface area contributed by atoms with E-state index in [9.17, 15) is 4.79 Å². The largest absolute Gasteiger partial charge is 0.361 e. The van der Waals surface area contributed by atoms with Crippen molar-refractivity contribution < 1.29 is 4.79 Å². The van der Waals surface area contributed by atoms with Gasteiger partial charge in [0.15, 0.2) is 0 Å². The van der Waals surface area contributed by atoms with Crippen LogP contribution in [0.25, 0.3) is 10.9 Å². The second kappa shape index (κ2) is 8.34. The lowest BCUT2D eigenvalue weighted by Gasteiger charge is -2.35. The minimum Gasteiger partial charge on any atom is -0.361 e. The summed E-state index contributed by atoms with van der Waals surface area (Å²) in [6.07, 6.45) is 8.39. The minimum absolute atomic E-state index is 0.321. The van der Waals surface area contributed by atoms with Gasteiger partial charge in [0.25, 0.3) is 0 Å². The molecule has 4 heteroatoms. The second-order valence-corrected chi connectivity index (χ2v) is 6.75. The Bertz CT molecular complexity index is 664. The van der Waals surface area contributed by atoms with Crippen LogP contribution in [0, 0.1) is 0 Å². The molecule has 0 saturated carbocycles. The van der Waals surface area contributed by atoms with Gasteiger partial charge in [-0.25, -0.2) is 0 Å². The third kappa shape index (κ3) is 3.99. The zero-order chi connectivity index (χ0) is 16.8. The number of rotatable bonds is 7. The van der Waals surface area contributed by atoms with E-state index in [1.807, 2.05) is 0 Å². The van der Waals surface area contributed by atoms with Crippen molar-refractivity contribution in [3.63, 3.8) is 0 Å². The summed E-state index contributed by atoms with van der Waals surface area (Å²) in [7, 11) is 0. The Morgan fingerprint density at radius 2 is 2.17 bits per heavy atom. The number of aromatic amines is 1. The van der Waals surface area contributed by atoms with Crippen LogP contribution in [0.5, 0.6) is 0 Å². The lowest BCUT2D eigenvalue weighted by molar-refractivity contribution is -0.134. The summed E-state index contributed by atoms with van der Waals surface area (Å²) in [5.74, 6) is 0.321. The Morgan fingerprint density at radius 1 is 1.29 bits per heavy atom. The van der Waals surface area contributed by atoms with E-state index in [0.29, 0.717) is 18.4 Å². The SMILES string of the molecule is CCC1CCCCN1C(=O)CCNCCc1c[nH]c2ccccc12. The fourth-order valence-corrected chi connectivity index (χ4v) is 3.78. The summed E-state index contributed by atoms with van der Waals surface area (Å²) >= 11 is 0. The van der Waals surface area contributed by atoms with Crippen molar-refractivity contribution in [2.45, 2.75) is 51.5 Å². The summed E-state index contributed by atoms with van der Waals surface area (Å²) in [5, 5.41) is 4.73. The van der Waals surface area contributed by atoms with Crippen molar-refractivity contribution in [3.05, 3.63) is 36.0 Å². The number of nitrogens with zero attached hydrogens (tertiary/aromatic N) is 1. The van der Waals surface area contributed by atoms with Gasteiger partial charge in [-0.2, -0.15) is 0 Å². The first-order valence-corrected chi connectivity index (χ1v) is 9.34. The number of H-pyrrole nitrogens is 1. The van der Waals surface area contributed by atoms with E-state index >= 15 is 0 Å². The average Bonchev–Trinajstić information content (AvgIpc) is 3.04. The number of carbonyl (C=O) groups excluding carboxylic acids is 1. The molecule has 0 spiro atoms. The molecule has 1 unspecified atom stereocenters. The molecule has 130 valence electrons. The van der Waals surface area contributed by atoms with Crippen LogP contribution >= 0.6 is 0 Å². The highest BCUT2D eigenvalue weighted by molar-refractivity contribution is 5.83. The molecule has 1 amide bonds. The van der Waals surface area contributed by atoms with Gasteiger partial charge in [-0.15, -0.1) is 0 Å². The van der Waals surface area contributed by atoms with E-state index < -0.39 is 0 Å². The smallest absolute Gasteiger partial charge is 0.224 e. The number of piperidine rings is 1. The molecular formula is C20H29N3O. The van der Waals surface area contributed by atoms with Crippen LogP contribution in [0.15, 0.2) is 30.5 Å². The van der Waals surface area contributed by atoms with Crippen LogP contribution in [0.1, 0.15) is 44.6 Å². The van der Waals surface area contributed by atoms with Crippen LogP contribution in [0.3, 0.4) is 0 Å². The van der Waals surface area contributed by atoms with E-state index in [2.05, 4.69) is 52.6 Å². The highest BCUT2D eigenvalue weighted by atomic mass is 16.2. The third-order valence-electron chi connectivity index (χ3n) is 5.18. The Morgan fingerprint density at radius 3 is 3.04 bits per heavy atom. The topological polar surface area (TPSA) is 48.1 Å². The Hall–Kier alpha value is -1.81. The molecule has 0 aliphatic carbocycles. The van der Waals surface area contributed by atoms with Gasteiger partial charge in [0.1, 0.15) is 0 Å². The van der Waals surface area contributed by atoms with Crippen LogP contribution in [0.4, 0.5) is 0 Å². The van der Waals surface area contributed by atoms with Gasteiger partial charge < -0.3 is 15.2 Å². The summed E-state index contributed by atoms with van der Waals surface area (Å²) in [6, 6.07) is 8.86. The van der Waals surface area contributed by atoms with Gasteiger partial charge in [-0.3, -0.25) is 4.79 Å². The van der Waals surface area contributed by atoms with Crippen molar-refractivity contribution in [3.8, 4) is 0 Å².